The summed E-state index contributed by atoms with van der Waals surface area (Å²) in [5, 5.41) is 9.18. The third-order valence-electron chi connectivity index (χ3n) is 3.45. The first-order chi connectivity index (χ1) is 8.76. The molecule has 1 aliphatic rings. The number of nitrogens with one attached hydrogen (secondary N) is 1. The van der Waals surface area contributed by atoms with Crippen molar-refractivity contribution >= 4 is 5.91 Å². The molecule has 1 saturated heterocycles. The van der Waals surface area contributed by atoms with Gasteiger partial charge in [-0.1, -0.05) is 30.3 Å². The Bertz CT molecular complexity index is 396. The molecule has 1 fully saturated rings. The van der Waals surface area contributed by atoms with E-state index in [1.807, 2.05) is 30.3 Å². The number of nitrogens with two attached hydrogens (primary N) is 1. The highest BCUT2D eigenvalue weighted by molar-refractivity contribution is 5.82. The molecule has 1 aliphatic heterocycles. The molecule has 2 rings (SSSR count). The SMILES string of the molecule is NNC(=O)C(c1ccccc1)N1CCC(CO)C1. The van der Waals surface area contributed by atoms with E-state index in [0.717, 1.165) is 25.1 Å². The van der Waals surface area contributed by atoms with Gasteiger partial charge in [-0.3, -0.25) is 15.1 Å². The van der Waals surface area contributed by atoms with Crippen LogP contribution in [0, 0.1) is 5.92 Å². The third kappa shape index (κ3) is 2.69. The van der Waals surface area contributed by atoms with Crippen molar-refractivity contribution < 1.29 is 9.90 Å². The number of amides is 1. The number of aliphatic hydroxyl groups excluding tert-OH is 1. The van der Waals surface area contributed by atoms with E-state index in [1.54, 1.807) is 0 Å². The van der Waals surface area contributed by atoms with Crippen molar-refractivity contribution in [1.82, 2.24) is 10.3 Å². The lowest BCUT2D eigenvalue weighted by Crippen LogP contribution is -2.42. The highest BCUT2D eigenvalue weighted by Gasteiger charge is 2.32. The Morgan fingerprint density at radius 1 is 1.50 bits per heavy atom. The van der Waals surface area contributed by atoms with Gasteiger partial charge in [0.05, 0.1) is 0 Å². The molecule has 18 heavy (non-hydrogen) atoms. The largest absolute Gasteiger partial charge is 0.396 e. The van der Waals surface area contributed by atoms with Crippen LogP contribution in [0.5, 0.6) is 0 Å². The predicted octanol–water partition coefficient (Wildman–Crippen LogP) is 0.0318. The van der Waals surface area contributed by atoms with E-state index in [4.69, 9.17) is 5.84 Å². The van der Waals surface area contributed by atoms with Crippen molar-refractivity contribution in [3.8, 4) is 0 Å². The number of benzene rings is 1. The number of rotatable bonds is 4. The van der Waals surface area contributed by atoms with Crippen LogP contribution in [-0.4, -0.2) is 35.6 Å². The Morgan fingerprint density at radius 2 is 2.22 bits per heavy atom. The lowest BCUT2D eigenvalue weighted by Gasteiger charge is -2.26. The lowest BCUT2D eigenvalue weighted by atomic mass is 10.0. The molecule has 98 valence electrons. The number of hydrazine groups is 1. The van der Waals surface area contributed by atoms with Gasteiger partial charge in [-0.25, -0.2) is 5.84 Å². The van der Waals surface area contributed by atoms with Gasteiger partial charge in [0.25, 0.3) is 5.91 Å². The number of likely N-dealkylation sites (tertiary alicyclic amines) is 1. The fraction of sp³-hybridized carbons (Fsp3) is 0.462. The summed E-state index contributed by atoms with van der Waals surface area (Å²) < 4.78 is 0. The normalized spacial score (nSPS) is 21.8. The molecule has 1 amide bonds. The summed E-state index contributed by atoms with van der Waals surface area (Å²) in [6.07, 6.45) is 0.914. The third-order valence-corrected chi connectivity index (χ3v) is 3.45. The van der Waals surface area contributed by atoms with Crippen LogP contribution in [0.1, 0.15) is 18.0 Å². The molecular formula is C13H19N3O2. The Kier molecular flexibility index (Phi) is 4.30. The summed E-state index contributed by atoms with van der Waals surface area (Å²) in [7, 11) is 0. The number of aliphatic hydroxyl groups is 1. The second-order valence-corrected chi connectivity index (χ2v) is 4.65. The standard InChI is InChI=1S/C13H19N3O2/c14-15-13(18)12(11-4-2-1-3-5-11)16-7-6-10(8-16)9-17/h1-5,10,12,17H,6-9,14H2,(H,15,18). The minimum absolute atomic E-state index is 0.169. The van der Waals surface area contributed by atoms with Crippen molar-refractivity contribution in [2.75, 3.05) is 19.7 Å². The van der Waals surface area contributed by atoms with Crippen LogP contribution in [0.2, 0.25) is 0 Å². The molecule has 1 aromatic rings. The van der Waals surface area contributed by atoms with Gasteiger partial charge in [0, 0.05) is 13.2 Å². The van der Waals surface area contributed by atoms with E-state index in [9.17, 15) is 9.90 Å². The molecule has 1 aromatic carbocycles. The van der Waals surface area contributed by atoms with Crippen LogP contribution >= 0.6 is 0 Å². The summed E-state index contributed by atoms with van der Waals surface area (Å²) in [6.45, 7) is 1.70. The lowest BCUT2D eigenvalue weighted by molar-refractivity contribution is -0.126. The quantitative estimate of drug-likeness (QED) is 0.400. The zero-order valence-corrected chi connectivity index (χ0v) is 10.2. The minimum Gasteiger partial charge on any atom is -0.396 e. The van der Waals surface area contributed by atoms with E-state index in [1.165, 1.54) is 0 Å². The van der Waals surface area contributed by atoms with Crippen molar-refractivity contribution in [2.45, 2.75) is 12.5 Å². The predicted molar refractivity (Wildman–Crippen MR) is 68.3 cm³/mol. The fourth-order valence-electron chi connectivity index (χ4n) is 2.49. The zero-order valence-electron chi connectivity index (χ0n) is 10.2. The summed E-state index contributed by atoms with van der Waals surface area (Å²) in [5.41, 5.74) is 3.16. The number of hydrogen-bond donors (Lipinski definition) is 3. The summed E-state index contributed by atoms with van der Waals surface area (Å²) >= 11 is 0. The van der Waals surface area contributed by atoms with Crippen LogP contribution < -0.4 is 11.3 Å². The van der Waals surface area contributed by atoms with E-state index < -0.39 is 0 Å². The zero-order chi connectivity index (χ0) is 13.0. The first-order valence-corrected chi connectivity index (χ1v) is 6.16. The van der Waals surface area contributed by atoms with Crippen molar-refractivity contribution in [3.05, 3.63) is 35.9 Å². The molecule has 0 bridgehead atoms. The summed E-state index contributed by atoms with van der Waals surface area (Å²) in [4.78, 5) is 14.0. The molecule has 0 spiro atoms. The Hall–Kier alpha value is -1.43. The summed E-state index contributed by atoms with van der Waals surface area (Å²) in [5.74, 6) is 5.31. The van der Waals surface area contributed by atoms with E-state index >= 15 is 0 Å². The van der Waals surface area contributed by atoms with Crippen molar-refractivity contribution in [1.29, 1.82) is 0 Å². The van der Waals surface area contributed by atoms with Crippen LogP contribution in [0.15, 0.2) is 30.3 Å². The maximum absolute atomic E-state index is 12.0. The molecule has 0 saturated carbocycles. The second-order valence-electron chi connectivity index (χ2n) is 4.65. The second kappa shape index (κ2) is 5.95. The molecule has 0 radical (unpaired) electrons. The Balaban J connectivity index is 2.19. The average Bonchev–Trinajstić information content (AvgIpc) is 2.88. The van der Waals surface area contributed by atoms with Gasteiger partial charge in [0.2, 0.25) is 0 Å². The number of carbonyl (C=O) groups is 1. The monoisotopic (exact) mass is 249 g/mol. The molecule has 0 aromatic heterocycles. The first kappa shape index (κ1) is 13.0. The Labute approximate surface area is 107 Å². The van der Waals surface area contributed by atoms with E-state index in [2.05, 4.69) is 10.3 Å². The van der Waals surface area contributed by atoms with Gasteiger partial charge in [0.1, 0.15) is 6.04 Å². The van der Waals surface area contributed by atoms with Gasteiger partial charge in [-0.2, -0.15) is 0 Å². The van der Waals surface area contributed by atoms with Crippen molar-refractivity contribution in [2.24, 2.45) is 11.8 Å². The van der Waals surface area contributed by atoms with E-state index in [-0.39, 0.29) is 24.5 Å². The van der Waals surface area contributed by atoms with Gasteiger partial charge >= 0.3 is 0 Å². The van der Waals surface area contributed by atoms with Crippen LogP contribution in [0.3, 0.4) is 0 Å². The highest BCUT2D eigenvalue weighted by atomic mass is 16.3. The van der Waals surface area contributed by atoms with Crippen LogP contribution in [0.4, 0.5) is 0 Å². The van der Waals surface area contributed by atoms with Gasteiger partial charge in [-0.15, -0.1) is 0 Å². The highest BCUT2D eigenvalue weighted by Crippen LogP contribution is 2.27. The molecule has 4 N–H and O–H groups in total. The molecular weight excluding hydrogens is 230 g/mol. The minimum atomic E-state index is -0.368. The number of nitrogens with zero attached hydrogens (tertiary/aromatic N) is 1. The maximum atomic E-state index is 12.0. The maximum Gasteiger partial charge on any atom is 0.255 e. The van der Waals surface area contributed by atoms with E-state index in [0.29, 0.717) is 0 Å². The number of hydrogen-bond acceptors (Lipinski definition) is 4. The molecule has 0 aliphatic carbocycles. The first-order valence-electron chi connectivity index (χ1n) is 6.16. The van der Waals surface area contributed by atoms with Gasteiger partial charge < -0.3 is 5.11 Å². The van der Waals surface area contributed by atoms with Crippen LogP contribution in [-0.2, 0) is 4.79 Å². The summed E-state index contributed by atoms with van der Waals surface area (Å²) in [6, 6.07) is 9.21. The van der Waals surface area contributed by atoms with Crippen LogP contribution in [0.25, 0.3) is 0 Å². The van der Waals surface area contributed by atoms with Gasteiger partial charge in [-0.05, 0) is 24.4 Å². The average molecular weight is 249 g/mol. The smallest absolute Gasteiger partial charge is 0.255 e. The molecule has 5 heteroatoms. The number of carbonyl (C=O) groups excluding carboxylic acids is 1. The van der Waals surface area contributed by atoms with Gasteiger partial charge in [0.15, 0.2) is 0 Å². The molecule has 2 unspecified atom stereocenters. The molecule has 1 heterocycles. The topological polar surface area (TPSA) is 78.6 Å². The molecule has 5 nitrogen and oxygen atoms in total. The Morgan fingerprint density at radius 3 is 2.78 bits per heavy atom. The van der Waals surface area contributed by atoms with Crippen molar-refractivity contribution in [3.63, 3.8) is 0 Å². The fourth-order valence-corrected chi connectivity index (χ4v) is 2.49. The molecule has 2 atom stereocenters.